The molecule has 0 spiro atoms. The number of rotatable bonds is 10. The van der Waals surface area contributed by atoms with Gasteiger partial charge in [-0.1, -0.05) is 59.6 Å². The third kappa shape index (κ3) is 6.59. The number of ether oxygens (including phenoxy) is 2. The lowest BCUT2D eigenvalue weighted by molar-refractivity contribution is -0.144. The zero-order valence-corrected chi connectivity index (χ0v) is 21.5. The average Bonchev–Trinajstić information content (AvgIpc) is 3.68. The van der Waals surface area contributed by atoms with Crippen LogP contribution in [0.2, 0.25) is 10.0 Å². The van der Waals surface area contributed by atoms with E-state index in [1.165, 1.54) is 4.90 Å². The summed E-state index contributed by atoms with van der Waals surface area (Å²) in [5.41, 5.74) is 2.08. The van der Waals surface area contributed by atoms with Crippen LogP contribution in [0.5, 0.6) is 0 Å². The van der Waals surface area contributed by atoms with Crippen molar-refractivity contribution in [1.82, 2.24) is 10.2 Å². The van der Waals surface area contributed by atoms with Crippen molar-refractivity contribution in [3.05, 3.63) is 81.0 Å². The Kier molecular flexibility index (Phi) is 8.54. The maximum Gasteiger partial charge on any atom is 0.338 e. The van der Waals surface area contributed by atoms with Gasteiger partial charge < -0.3 is 14.8 Å². The first-order valence-electron chi connectivity index (χ1n) is 11.9. The van der Waals surface area contributed by atoms with Crippen LogP contribution < -0.4 is 5.32 Å². The van der Waals surface area contributed by atoms with Crippen LogP contribution in [0.1, 0.15) is 49.8 Å². The SMILES string of the molecule is CC1=C(C(=O)OCc2ccccc2)C(c2ccc(Cl)cc2Cl)NC(=O)N1CCCC(=O)OCC1CC1. The first-order chi connectivity index (χ1) is 17.3. The molecule has 1 N–H and O–H groups in total. The molecule has 1 unspecified atom stereocenters. The molecule has 0 radical (unpaired) electrons. The van der Waals surface area contributed by atoms with Crippen molar-refractivity contribution in [1.29, 1.82) is 0 Å². The van der Waals surface area contributed by atoms with Crippen molar-refractivity contribution in [3.8, 4) is 0 Å². The summed E-state index contributed by atoms with van der Waals surface area (Å²) in [5, 5.41) is 3.63. The Bertz CT molecular complexity index is 1160. The first kappa shape index (κ1) is 26.0. The van der Waals surface area contributed by atoms with Crippen LogP contribution in [0.4, 0.5) is 4.79 Å². The molecule has 0 saturated heterocycles. The van der Waals surface area contributed by atoms with Gasteiger partial charge in [0.15, 0.2) is 0 Å². The average molecular weight is 531 g/mol. The highest BCUT2D eigenvalue weighted by atomic mass is 35.5. The monoisotopic (exact) mass is 530 g/mol. The second kappa shape index (κ2) is 11.8. The molecule has 2 aliphatic rings. The summed E-state index contributed by atoms with van der Waals surface area (Å²) in [4.78, 5) is 39.9. The van der Waals surface area contributed by atoms with E-state index < -0.39 is 18.0 Å². The quantitative estimate of drug-likeness (QED) is 0.391. The Morgan fingerprint density at radius 3 is 2.53 bits per heavy atom. The Hall–Kier alpha value is -3.03. The van der Waals surface area contributed by atoms with Crippen LogP contribution in [0, 0.1) is 5.92 Å². The molecule has 1 aliphatic carbocycles. The van der Waals surface area contributed by atoms with Crippen LogP contribution in [-0.2, 0) is 25.7 Å². The predicted molar refractivity (Wildman–Crippen MR) is 136 cm³/mol. The smallest absolute Gasteiger partial charge is 0.338 e. The molecule has 1 heterocycles. The van der Waals surface area contributed by atoms with Gasteiger partial charge in [0.25, 0.3) is 0 Å². The van der Waals surface area contributed by atoms with Gasteiger partial charge >= 0.3 is 18.0 Å². The van der Waals surface area contributed by atoms with Gasteiger partial charge in [-0.3, -0.25) is 9.69 Å². The highest BCUT2D eigenvalue weighted by Crippen LogP contribution is 2.36. The maximum atomic E-state index is 13.3. The molecule has 2 aromatic carbocycles. The summed E-state index contributed by atoms with van der Waals surface area (Å²) in [7, 11) is 0. The minimum absolute atomic E-state index is 0.0817. The molecule has 4 rings (SSSR count). The number of carbonyl (C=O) groups excluding carboxylic acids is 3. The normalized spacial score (nSPS) is 17.6. The van der Waals surface area contributed by atoms with E-state index in [0.717, 1.165) is 18.4 Å². The van der Waals surface area contributed by atoms with E-state index in [1.807, 2.05) is 30.3 Å². The summed E-state index contributed by atoms with van der Waals surface area (Å²) < 4.78 is 10.9. The summed E-state index contributed by atoms with van der Waals surface area (Å²) in [5.74, 6) is -0.358. The van der Waals surface area contributed by atoms with E-state index in [0.29, 0.717) is 40.3 Å². The van der Waals surface area contributed by atoms with Crippen LogP contribution in [0.3, 0.4) is 0 Å². The van der Waals surface area contributed by atoms with Gasteiger partial charge in [-0.2, -0.15) is 0 Å². The highest BCUT2D eigenvalue weighted by Gasteiger charge is 2.37. The molecule has 0 aromatic heterocycles. The van der Waals surface area contributed by atoms with E-state index in [9.17, 15) is 14.4 Å². The van der Waals surface area contributed by atoms with E-state index >= 15 is 0 Å². The molecule has 36 heavy (non-hydrogen) atoms. The van der Waals surface area contributed by atoms with Crippen molar-refractivity contribution >= 4 is 41.2 Å². The van der Waals surface area contributed by atoms with Gasteiger partial charge in [0, 0.05) is 28.7 Å². The molecule has 1 fully saturated rings. The molecule has 2 aromatic rings. The number of allylic oxidation sites excluding steroid dienone is 1. The molecule has 7 nitrogen and oxygen atoms in total. The Balaban J connectivity index is 1.53. The number of benzene rings is 2. The van der Waals surface area contributed by atoms with E-state index in [2.05, 4.69) is 5.32 Å². The summed E-state index contributed by atoms with van der Waals surface area (Å²) in [6.07, 6.45) is 2.79. The summed E-state index contributed by atoms with van der Waals surface area (Å²) >= 11 is 12.5. The Morgan fingerprint density at radius 1 is 1.08 bits per heavy atom. The fraction of sp³-hybridized carbons (Fsp3) is 0.370. The largest absolute Gasteiger partial charge is 0.465 e. The van der Waals surface area contributed by atoms with Gasteiger partial charge in [-0.15, -0.1) is 0 Å². The number of hydrogen-bond donors (Lipinski definition) is 1. The molecule has 1 aliphatic heterocycles. The standard InChI is InChI=1S/C27H28Cl2N2O5/c1-17-24(26(33)36-16-18-6-3-2-4-7-18)25(21-12-11-20(28)14-22(21)29)30-27(34)31(17)13-5-8-23(32)35-15-19-9-10-19/h2-4,6-7,11-12,14,19,25H,5,8-10,13,15-16H2,1H3,(H,30,34). The topological polar surface area (TPSA) is 84.9 Å². The lowest BCUT2D eigenvalue weighted by atomic mass is 9.94. The molecule has 1 atom stereocenters. The Labute approximate surface area is 220 Å². The molecular weight excluding hydrogens is 503 g/mol. The number of urea groups is 1. The van der Waals surface area contributed by atoms with Crippen LogP contribution >= 0.6 is 23.2 Å². The number of esters is 2. The lowest BCUT2D eigenvalue weighted by Gasteiger charge is -2.35. The third-order valence-corrected chi connectivity index (χ3v) is 6.80. The predicted octanol–water partition coefficient (Wildman–Crippen LogP) is 5.81. The number of carbonyl (C=O) groups is 3. The summed E-state index contributed by atoms with van der Waals surface area (Å²) in [6, 6.07) is 13.0. The van der Waals surface area contributed by atoms with Crippen LogP contribution in [0.25, 0.3) is 0 Å². The van der Waals surface area contributed by atoms with Gasteiger partial charge in [-0.05, 0) is 55.4 Å². The second-order valence-corrected chi connectivity index (χ2v) is 9.83. The number of hydrogen-bond acceptors (Lipinski definition) is 5. The van der Waals surface area contributed by atoms with E-state index in [-0.39, 0.29) is 31.1 Å². The van der Waals surface area contributed by atoms with Crippen molar-refractivity contribution in [2.75, 3.05) is 13.2 Å². The molecule has 2 amide bonds. The van der Waals surface area contributed by atoms with Crippen molar-refractivity contribution in [2.24, 2.45) is 5.92 Å². The van der Waals surface area contributed by atoms with Crippen LogP contribution in [-0.4, -0.2) is 36.0 Å². The van der Waals surface area contributed by atoms with Crippen molar-refractivity contribution < 1.29 is 23.9 Å². The fourth-order valence-corrected chi connectivity index (χ4v) is 4.55. The first-order valence-corrected chi connectivity index (χ1v) is 12.7. The fourth-order valence-electron chi connectivity index (χ4n) is 4.03. The number of nitrogens with zero attached hydrogens (tertiary/aromatic N) is 1. The van der Waals surface area contributed by atoms with Crippen molar-refractivity contribution in [3.63, 3.8) is 0 Å². The van der Waals surface area contributed by atoms with E-state index in [4.69, 9.17) is 32.7 Å². The van der Waals surface area contributed by atoms with Gasteiger partial charge in [0.05, 0.1) is 18.2 Å². The lowest BCUT2D eigenvalue weighted by Crippen LogP contribution is -2.48. The molecule has 1 saturated carbocycles. The van der Waals surface area contributed by atoms with Gasteiger partial charge in [0.2, 0.25) is 0 Å². The Morgan fingerprint density at radius 2 is 1.83 bits per heavy atom. The minimum atomic E-state index is -0.815. The highest BCUT2D eigenvalue weighted by molar-refractivity contribution is 6.35. The number of nitrogens with one attached hydrogen (secondary N) is 1. The molecule has 0 bridgehead atoms. The summed E-state index contributed by atoms with van der Waals surface area (Å²) in [6.45, 7) is 2.48. The van der Waals surface area contributed by atoms with E-state index in [1.54, 1.807) is 25.1 Å². The maximum absolute atomic E-state index is 13.3. The zero-order chi connectivity index (χ0) is 25.7. The second-order valence-electron chi connectivity index (χ2n) is 8.99. The number of amides is 2. The number of halogens is 2. The molecule has 9 heteroatoms. The third-order valence-electron chi connectivity index (χ3n) is 6.24. The zero-order valence-electron chi connectivity index (χ0n) is 20.0. The van der Waals surface area contributed by atoms with Gasteiger partial charge in [0.1, 0.15) is 6.61 Å². The van der Waals surface area contributed by atoms with Crippen LogP contribution in [0.15, 0.2) is 59.8 Å². The minimum Gasteiger partial charge on any atom is -0.465 e. The molecule has 190 valence electrons. The van der Waals surface area contributed by atoms with Crippen molar-refractivity contribution in [2.45, 2.75) is 45.3 Å². The molecular formula is C27H28Cl2N2O5. The van der Waals surface area contributed by atoms with Gasteiger partial charge in [-0.25, -0.2) is 9.59 Å².